The molecule has 2 aromatic heterocycles. The fourth-order valence-electron chi connectivity index (χ4n) is 1.86. The first kappa shape index (κ1) is 11.7. The fourth-order valence-corrected chi connectivity index (χ4v) is 2.01. The molecule has 0 amide bonds. The van der Waals surface area contributed by atoms with Crippen molar-refractivity contribution in [3.05, 3.63) is 51.0 Å². The van der Waals surface area contributed by atoms with Crippen molar-refractivity contribution < 1.29 is 13.9 Å². The van der Waals surface area contributed by atoms with Gasteiger partial charge in [-0.15, -0.1) is 5.10 Å². The number of phenols is 1. The molecule has 0 aliphatic carbocycles. The molecule has 2 heterocycles. The van der Waals surface area contributed by atoms with Gasteiger partial charge in [0, 0.05) is 17.5 Å². The van der Waals surface area contributed by atoms with Gasteiger partial charge in [0.25, 0.3) is 4.84 Å². The molecule has 0 saturated carbocycles. The minimum atomic E-state index is -0.498. The average molecular weight is 276 g/mol. The molecular weight excluding hydrogens is 268 g/mol. The summed E-state index contributed by atoms with van der Waals surface area (Å²) in [7, 11) is 0. The number of benzene rings is 1. The average Bonchev–Trinajstić information content (AvgIpc) is 2.74. The summed E-state index contributed by atoms with van der Waals surface area (Å²) in [5.41, 5.74) is 0.510. The lowest BCUT2D eigenvalue weighted by Crippen LogP contribution is -2.01. The van der Waals surface area contributed by atoms with Gasteiger partial charge >= 0.3 is 5.63 Å². The number of nitrogens with zero attached hydrogens (tertiary/aromatic N) is 1. The van der Waals surface area contributed by atoms with Crippen molar-refractivity contribution in [2.75, 3.05) is 0 Å². The number of phenolic OH excluding ortho intramolecular Hbond substituents is 1. The van der Waals surface area contributed by atoms with Crippen molar-refractivity contribution in [1.29, 1.82) is 0 Å². The Labute approximate surface area is 111 Å². The maximum atomic E-state index is 11.5. The monoisotopic (exact) mass is 276 g/mol. The van der Waals surface area contributed by atoms with Crippen molar-refractivity contribution in [3.63, 3.8) is 0 Å². The van der Waals surface area contributed by atoms with Gasteiger partial charge in [0.15, 0.2) is 0 Å². The van der Waals surface area contributed by atoms with Gasteiger partial charge in [-0.3, -0.25) is 0 Å². The highest BCUT2D eigenvalue weighted by Crippen LogP contribution is 2.23. The molecule has 2 N–H and O–H groups in total. The summed E-state index contributed by atoms with van der Waals surface area (Å²) < 4.78 is 10.2. The van der Waals surface area contributed by atoms with Gasteiger partial charge < -0.3 is 13.9 Å². The summed E-state index contributed by atoms with van der Waals surface area (Å²) in [5.74, 6) is 0.412. The number of hydrogen-bond donors (Lipinski definition) is 2. The molecule has 0 radical (unpaired) electrons. The first-order valence-corrected chi connectivity index (χ1v) is 5.83. The summed E-state index contributed by atoms with van der Waals surface area (Å²) in [5, 5.41) is 16.5. The van der Waals surface area contributed by atoms with Crippen LogP contribution < -0.4 is 5.63 Å². The number of aromatic nitrogens is 2. The van der Waals surface area contributed by atoms with Crippen molar-refractivity contribution in [3.8, 4) is 5.75 Å². The largest absolute Gasteiger partial charge is 0.508 e. The zero-order chi connectivity index (χ0) is 13.4. The Morgan fingerprint density at radius 2 is 2.16 bits per heavy atom. The molecule has 3 aromatic rings. The second kappa shape index (κ2) is 4.36. The molecule has 7 heteroatoms. The summed E-state index contributed by atoms with van der Waals surface area (Å²) in [6, 6.07) is 5.95. The molecule has 0 bridgehead atoms. The summed E-state index contributed by atoms with van der Waals surface area (Å²) in [6.07, 6.45) is 0.306. The fraction of sp³-hybridized carbons (Fsp3) is 0.0833. The number of aromatic hydroxyl groups is 1. The molecule has 19 heavy (non-hydrogen) atoms. The molecule has 0 fully saturated rings. The van der Waals surface area contributed by atoms with Crippen molar-refractivity contribution in [1.82, 2.24) is 10.2 Å². The molecule has 6 nitrogen and oxygen atoms in total. The van der Waals surface area contributed by atoms with E-state index in [0.717, 1.165) is 0 Å². The molecule has 1 aromatic carbocycles. The Bertz CT molecular complexity index is 862. The van der Waals surface area contributed by atoms with E-state index in [4.69, 9.17) is 21.1 Å². The normalized spacial score (nSPS) is 10.9. The third kappa shape index (κ3) is 2.27. The van der Waals surface area contributed by atoms with E-state index in [1.807, 2.05) is 0 Å². The van der Waals surface area contributed by atoms with E-state index in [9.17, 15) is 9.90 Å². The third-order valence-corrected chi connectivity index (χ3v) is 2.81. The van der Waals surface area contributed by atoms with Crippen LogP contribution in [0.2, 0.25) is 0 Å². The second-order valence-electron chi connectivity index (χ2n) is 3.95. The molecule has 0 aliphatic rings. The summed E-state index contributed by atoms with van der Waals surface area (Å²) in [6.45, 7) is 0. The molecular formula is C12H8N2O4S. The van der Waals surface area contributed by atoms with Crippen LogP contribution in [0.5, 0.6) is 5.75 Å². The van der Waals surface area contributed by atoms with Gasteiger partial charge in [0.2, 0.25) is 5.89 Å². The highest BCUT2D eigenvalue weighted by atomic mass is 32.1. The minimum absolute atomic E-state index is 0.0325. The van der Waals surface area contributed by atoms with Crippen molar-refractivity contribution in [2.24, 2.45) is 0 Å². The Kier molecular flexibility index (Phi) is 2.68. The molecule has 96 valence electrons. The van der Waals surface area contributed by atoms with E-state index in [-0.39, 0.29) is 10.6 Å². The first-order valence-electron chi connectivity index (χ1n) is 5.42. The Balaban J connectivity index is 2.17. The van der Waals surface area contributed by atoms with Gasteiger partial charge in [-0.05, 0) is 29.9 Å². The van der Waals surface area contributed by atoms with E-state index >= 15 is 0 Å². The molecule has 0 saturated heterocycles. The number of hydrogen-bond acceptors (Lipinski definition) is 6. The van der Waals surface area contributed by atoms with Gasteiger partial charge in [0.05, 0.1) is 6.42 Å². The van der Waals surface area contributed by atoms with Gasteiger partial charge in [0.1, 0.15) is 11.3 Å². The number of fused-ring (bicyclic) bond motifs is 1. The first-order chi connectivity index (χ1) is 9.11. The maximum absolute atomic E-state index is 11.5. The lowest BCUT2D eigenvalue weighted by Gasteiger charge is -2.03. The van der Waals surface area contributed by atoms with Crippen LogP contribution in [0.25, 0.3) is 11.0 Å². The predicted octanol–water partition coefficient (Wildman–Crippen LogP) is 2.13. The smallest absolute Gasteiger partial charge is 0.336 e. The molecule has 0 unspecified atom stereocenters. The Hall–Kier alpha value is -2.41. The minimum Gasteiger partial charge on any atom is -0.508 e. The van der Waals surface area contributed by atoms with Gasteiger partial charge in [-0.1, -0.05) is 0 Å². The van der Waals surface area contributed by atoms with Crippen LogP contribution in [0, 0.1) is 4.84 Å². The number of nitrogens with one attached hydrogen (secondary N) is 1. The number of aromatic amines is 1. The van der Waals surface area contributed by atoms with Crippen LogP contribution in [-0.2, 0) is 6.42 Å². The van der Waals surface area contributed by atoms with Gasteiger partial charge in [-0.25, -0.2) is 9.89 Å². The number of H-pyrrole nitrogens is 1. The molecule has 3 rings (SSSR count). The van der Waals surface area contributed by atoms with Crippen molar-refractivity contribution >= 4 is 23.2 Å². The Morgan fingerprint density at radius 1 is 1.32 bits per heavy atom. The maximum Gasteiger partial charge on any atom is 0.336 e. The van der Waals surface area contributed by atoms with E-state index < -0.39 is 5.63 Å². The molecule has 0 spiro atoms. The van der Waals surface area contributed by atoms with E-state index in [0.29, 0.717) is 28.8 Å². The zero-order valence-corrected chi connectivity index (χ0v) is 10.4. The second-order valence-corrected chi connectivity index (χ2v) is 4.33. The molecule has 0 atom stereocenters. The van der Waals surface area contributed by atoms with Crippen LogP contribution in [0.15, 0.2) is 37.9 Å². The highest BCUT2D eigenvalue weighted by Gasteiger charge is 2.10. The topological polar surface area (TPSA) is 92.3 Å². The summed E-state index contributed by atoms with van der Waals surface area (Å²) >= 11 is 4.79. The lowest BCUT2D eigenvalue weighted by molar-refractivity contribution is 0.473. The SMILES string of the molecule is O=c1cc(Cc2n[nH]c(=S)o2)c2ccc(O)cc2o1. The summed E-state index contributed by atoms with van der Waals surface area (Å²) in [4.78, 5) is 11.7. The standard InChI is InChI=1S/C12H8N2O4S/c15-7-1-2-8-6(3-10-13-14-12(19)18-10)4-11(16)17-9(8)5-7/h1-2,4-5,15H,3H2,(H,14,19). The zero-order valence-electron chi connectivity index (χ0n) is 9.54. The van der Waals surface area contributed by atoms with E-state index in [1.54, 1.807) is 6.07 Å². The van der Waals surface area contributed by atoms with Crippen LogP contribution in [0.1, 0.15) is 11.5 Å². The van der Waals surface area contributed by atoms with Crippen molar-refractivity contribution in [2.45, 2.75) is 6.42 Å². The number of rotatable bonds is 2. The molecule has 0 aliphatic heterocycles. The predicted molar refractivity (Wildman–Crippen MR) is 68.6 cm³/mol. The van der Waals surface area contributed by atoms with Crippen LogP contribution in [-0.4, -0.2) is 15.3 Å². The quantitative estimate of drug-likeness (QED) is 0.550. The Morgan fingerprint density at radius 3 is 2.89 bits per heavy atom. The lowest BCUT2D eigenvalue weighted by atomic mass is 10.1. The van der Waals surface area contributed by atoms with Crippen LogP contribution in [0.3, 0.4) is 0 Å². The highest BCUT2D eigenvalue weighted by molar-refractivity contribution is 7.71. The van der Waals surface area contributed by atoms with Crippen LogP contribution in [0.4, 0.5) is 0 Å². The third-order valence-electron chi connectivity index (χ3n) is 2.64. The van der Waals surface area contributed by atoms with E-state index in [1.165, 1.54) is 18.2 Å². The van der Waals surface area contributed by atoms with Crippen LogP contribution >= 0.6 is 12.2 Å². The van der Waals surface area contributed by atoms with Gasteiger partial charge in [-0.2, -0.15) is 0 Å². The van der Waals surface area contributed by atoms with E-state index in [2.05, 4.69) is 10.2 Å².